The summed E-state index contributed by atoms with van der Waals surface area (Å²) in [6.07, 6.45) is 0. The number of aryl methyl sites for hydroxylation is 2. The highest BCUT2D eigenvalue weighted by molar-refractivity contribution is 5.90. The van der Waals surface area contributed by atoms with Crippen molar-refractivity contribution < 1.29 is 0 Å². The number of benzene rings is 6. The van der Waals surface area contributed by atoms with E-state index < -0.39 is 0 Å². The highest BCUT2D eigenvalue weighted by Crippen LogP contribution is 2.55. The Hall–Kier alpha value is -5.08. The third-order valence-corrected chi connectivity index (χ3v) is 12.1. The van der Waals surface area contributed by atoms with E-state index in [1.54, 1.807) is 0 Å². The zero-order valence-corrected chi connectivity index (χ0v) is 29.9. The van der Waals surface area contributed by atoms with E-state index in [1.807, 2.05) is 6.07 Å². The largest absolute Gasteiger partial charge is 0.399 e. The van der Waals surface area contributed by atoms with E-state index in [9.17, 15) is 0 Å². The number of nitrogens with zero attached hydrogens (tertiary/aromatic N) is 1. The summed E-state index contributed by atoms with van der Waals surface area (Å²) in [5.41, 5.74) is 29.1. The predicted octanol–water partition coefficient (Wildman–Crippen LogP) is 12.3. The SMILES string of the molecule is Cc1ccc2c(c1)C(C)(C)c1cc(N(c3ccc4c(c3)C(C)(C)c3cc(C)ccc3-4)c3ccc4c(c3)C(C)(C)c3cc(N)ccc3-4)ccc1-2. The molecule has 0 aliphatic heterocycles. The van der Waals surface area contributed by atoms with Gasteiger partial charge in [-0.25, -0.2) is 0 Å². The second-order valence-corrected chi connectivity index (χ2v) is 16.3. The number of nitrogen functional groups attached to an aromatic ring is 1. The third-order valence-electron chi connectivity index (χ3n) is 12.1. The van der Waals surface area contributed by atoms with E-state index in [-0.39, 0.29) is 16.2 Å². The van der Waals surface area contributed by atoms with Gasteiger partial charge in [-0.05, 0) is 129 Å². The molecule has 242 valence electrons. The van der Waals surface area contributed by atoms with Crippen molar-refractivity contribution >= 4 is 22.7 Å². The highest BCUT2D eigenvalue weighted by Gasteiger charge is 2.39. The summed E-state index contributed by atoms with van der Waals surface area (Å²) in [7, 11) is 0. The molecule has 0 bridgehead atoms. The first-order valence-electron chi connectivity index (χ1n) is 17.6. The number of anilines is 4. The molecule has 2 nitrogen and oxygen atoms in total. The Kier molecular flexibility index (Phi) is 5.98. The Labute approximate surface area is 291 Å². The molecule has 2 N–H and O–H groups in total. The van der Waals surface area contributed by atoms with Gasteiger partial charge in [0.2, 0.25) is 0 Å². The quantitative estimate of drug-likeness (QED) is 0.196. The van der Waals surface area contributed by atoms with Crippen LogP contribution in [0.1, 0.15) is 86.1 Å². The van der Waals surface area contributed by atoms with Gasteiger partial charge in [-0.2, -0.15) is 0 Å². The number of rotatable bonds is 3. The van der Waals surface area contributed by atoms with Gasteiger partial charge in [-0.3, -0.25) is 0 Å². The van der Waals surface area contributed by atoms with Gasteiger partial charge >= 0.3 is 0 Å². The van der Waals surface area contributed by atoms with Gasteiger partial charge in [0.15, 0.2) is 0 Å². The lowest BCUT2D eigenvalue weighted by molar-refractivity contribution is 0.659. The third kappa shape index (κ3) is 4.07. The van der Waals surface area contributed by atoms with Crippen molar-refractivity contribution in [1.82, 2.24) is 0 Å². The molecule has 9 rings (SSSR count). The number of nitrogens with two attached hydrogens (primary N) is 1. The Morgan fingerprint density at radius 1 is 0.367 bits per heavy atom. The van der Waals surface area contributed by atoms with Crippen molar-refractivity contribution in [3.63, 3.8) is 0 Å². The average Bonchev–Trinajstić information content (AvgIpc) is 3.53. The van der Waals surface area contributed by atoms with Crippen LogP contribution in [-0.2, 0) is 16.2 Å². The van der Waals surface area contributed by atoms with Crippen LogP contribution in [0.25, 0.3) is 33.4 Å². The first kappa shape index (κ1) is 30.0. The van der Waals surface area contributed by atoms with Crippen molar-refractivity contribution in [3.05, 3.63) is 154 Å². The van der Waals surface area contributed by atoms with Crippen LogP contribution in [0.3, 0.4) is 0 Å². The molecule has 2 heteroatoms. The zero-order chi connectivity index (χ0) is 34.2. The van der Waals surface area contributed by atoms with Gasteiger partial charge in [0.1, 0.15) is 0 Å². The lowest BCUT2D eigenvalue weighted by Gasteiger charge is -2.31. The summed E-state index contributed by atoms with van der Waals surface area (Å²) in [5.74, 6) is 0. The second-order valence-electron chi connectivity index (χ2n) is 16.3. The molecule has 0 radical (unpaired) electrons. The summed E-state index contributed by atoms with van der Waals surface area (Å²) in [5, 5.41) is 0. The fourth-order valence-electron chi connectivity index (χ4n) is 9.29. The van der Waals surface area contributed by atoms with E-state index >= 15 is 0 Å². The zero-order valence-electron chi connectivity index (χ0n) is 29.9. The molecule has 0 spiro atoms. The number of hydrogen-bond donors (Lipinski definition) is 1. The van der Waals surface area contributed by atoms with Gasteiger partial charge in [-0.1, -0.05) is 113 Å². The van der Waals surface area contributed by atoms with Crippen LogP contribution in [0.2, 0.25) is 0 Å². The molecule has 0 atom stereocenters. The molecule has 6 aromatic rings. The average molecular weight is 637 g/mol. The molecule has 0 unspecified atom stereocenters. The van der Waals surface area contributed by atoms with Crippen LogP contribution >= 0.6 is 0 Å². The molecule has 0 aromatic heterocycles. The smallest absolute Gasteiger partial charge is 0.0465 e. The maximum atomic E-state index is 6.32. The summed E-state index contributed by atoms with van der Waals surface area (Å²) in [6.45, 7) is 18.6. The molecule has 0 heterocycles. The topological polar surface area (TPSA) is 29.3 Å². The standard InChI is InChI=1S/C47H44N2/c1-27-9-15-33-36-18-12-30(24-42(36)45(3,4)39(33)21-27)49(31-13-19-37-34-16-10-28(2)22-40(34)46(5,6)43(37)25-31)32-14-20-38-35-17-11-29(48)23-41(35)47(7,8)44(38)26-32/h9-26H,48H2,1-8H3. The monoisotopic (exact) mass is 636 g/mol. The van der Waals surface area contributed by atoms with Crippen molar-refractivity contribution in [3.8, 4) is 33.4 Å². The van der Waals surface area contributed by atoms with Crippen LogP contribution < -0.4 is 10.6 Å². The van der Waals surface area contributed by atoms with E-state index in [1.165, 1.54) is 95.0 Å². The highest BCUT2D eigenvalue weighted by atomic mass is 15.1. The number of hydrogen-bond acceptors (Lipinski definition) is 2. The van der Waals surface area contributed by atoms with Crippen LogP contribution in [0, 0.1) is 13.8 Å². The van der Waals surface area contributed by atoms with Gasteiger partial charge in [0.05, 0.1) is 0 Å². The normalized spacial score (nSPS) is 16.3. The first-order valence-corrected chi connectivity index (χ1v) is 17.6. The Morgan fingerprint density at radius 3 is 1.02 bits per heavy atom. The molecular weight excluding hydrogens is 593 g/mol. The van der Waals surface area contributed by atoms with Crippen LogP contribution in [0.15, 0.2) is 109 Å². The lowest BCUT2D eigenvalue weighted by Crippen LogP contribution is -2.19. The van der Waals surface area contributed by atoms with Crippen molar-refractivity contribution in [2.75, 3.05) is 10.6 Å². The minimum absolute atomic E-state index is 0.0979. The molecule has 3 aliphatic rings. The fourth-order valence-corrected chi connectivity index (χ4v) is 9.29. The summed E-state index contributed by atoms with van der Waals surface area (Å²) in [4.78, 5) is 2.49. The minimum Gasteiger partial charge on any atom is -0.399 e. The summed E-state index contributed by atoms with van der Waals surface area (Å²) in [6, 6.07) is 41.6. The number of fused-ring (bicyclic) bond motifs is 9. The molecule has 0 saturated heterocycles. The van der Waals surface area contributed by atoms with Crippen LogP contribution in [0.5, 0.6) is 0 Å². The van der Waals surface area contributed by atoms with Crippen molar-refractivity contribution in [2.45, 2.75) is 71.6 Å². The van der Waals surface area contributed by atoms with Gasteiger partial charge < -0.3 is 10.6 Å². The van der Waals surface area contributed by atoms with E-state index in [4.69, 9.17) is 5.73 Å². The van der Waals surface area contributed by atoms with E-state index in [0.29, 0.717) is 0 Å². The Balaban J connectivity index is 1.25. The summed E-state index contributed by atoms with van der Waals surface area (Å²) < 4.78 is 0. The summed E-state index contributed by atoms with van der Waals surface area (Å²) >= 11 is 0. The lowest BCUT2D eigenvalue weighted by atomic mass is 9.81. The molecule has 0 saturated carbocycles. The molecular formula is C47H44N2. The van der Waals surface area contributed by atoms with E-state index in [0.717, 1.165) is 5.69 Å². The van der Waals surface area contributed by atoms with Crippen molar-refractivity contribution in [1.29, 1.82) is 0 Å². The molecule has 0 fully saturated rings. The molecule has 3 aliphatic carbocycles. The van der Waals surface area contributed by atoms with Crippen LogP contribution in [0.4, 0.5) is 22.7 Å². The predicted molar refractivity (Wildman–Crippen MR) is 208 cm³/mol. The Morgan fingerprint density at radius 2 is 0.653 bits per heavy atom. The second kappa shape index (κ2) is 9.76. The Bertz CT molecular complexity index is 2130. The van der Waals surface area contributed by atoms with Crippen LogP contribution in [-0.4, -0.2) is 0 Å². The maximum absolute atomic E-state index is 6.32. The molecule has 6 aromatic carbocycles. The molecule has 0 amide bonds. The fraction of sp³-hybridized carbons (Fsp3) is 0.234. The van der Waals surface area contributed by atoms with Gasteiger partial charge in [0, 0.05) is 39.0 Å². The van der Waals surface area contributed by atoms with E-state index in [2.05, 4.69) is 163 Å². The minimum atomic E-state index is -0.166. The van der Waals surface area contributed by atoms with Gasteiger partial charge in [0.25, 0.3) is 0 Å². The van der Waals surface area contributed by atoms with Crippen molar-refractivity contribution in [2.24, 2.45) is 0 Å². The molecule has 49 heavy (non-hydrogen) atoms. The first-order chi connectivity index (χ1) is 23.3. The maximum Gasteiger partial charge on any atom is 0.0465 e. The van der Waals surface area contributed by atoms with Gasteiger partial charge in [-0.15, -0.1) is 0 Å².